The molecule has 0 bridgehead atoms. The van der Waals surface area contributed by atoms with Crippen LogP contribution in [-0.4, -0.2) is 15.8 Å². The van der Waals surface area contributed by atoms with Crippen molar-refractivity contribution in [3.05, 3.63) is 58.7 Å². The van der Waals surface area contributed by atoms with Crippen LogP contribution in [0.3, 0.4) is 0 Å². The van der Waals surface area contributed by atoms with Crippen LogP contribution in [0.5, 0.6) is 0 Å². The molecule has 0 saturated carbocycles. The summed E-state index contributed by atoms with van der Waals surface area (Å²) >= 11 is 0. The third-order valence-electron chi connectivity index (χ3n) is 2.63. The predicted molar refractivity (Wildman–Crippen MR) is 66.1 cm³/mol. The Morgan fingerprint density at radius 1 is 1.12 bits per heavy atom. The Labute approximate surface area is 101 Å². The highest BCUT2D eigenvalue weighted by Gasteiger charge is 2.12. The standard InChI is InChI=1S/C14H14N2O/c1-9-4-5-15-8-13(9)14(17)12-6-10(2)16-11(3)7-12/h4-8H,1-3H3. The van der Waals surface area contributed by atoms with Crippen LogP contribution in [0.25, 0.3) is 0 Å². The Morgan fingerprint density at radius 3 is 2.35 bits per heavy atom. The molecule has 2 aromatic heterocycles. The minimum atomic E-state index is 0.00389. The smallest absolute Gasteiger partial charge is 0.194 e. The summed E-state index contributed by atoms with van der Waals surface area (Å²) in [5.41, 5.74) is 3.98. The quantitative estimate of drug-likeness (QED) is 0.739. The molecule has 0 unspecified atom stereocenters. The molecule has 86 valence electrons. The number of nitrogens with zero attached hydrogens (tertiary/aromatic N) is 2. The van der Waals surface area contributed by atoms with E-state index in [1.54, 1.807) is 12.4 Å². The van der Waals surface area contributed by atoms with Crippen molar-refractivity contribution in [2.75, 3.05) is 0 Å². The SMILES string of the molecule is Cc1cc(C(=O)c2cnccc2C)cc(C)n1. The highest BCUT2D eigenvalue weighted by molar-refractivity contribution is 6.09. The van der Waals surface area contributed by atoms with Gasteiger partial charge in [0.2, 0.25) is 0 Å². The maximum absolute atomic E-state index is 12.3. The van der Waals surface area contributed by atoms with Crippen LogP contribution in [0.4, 0.5) is 0 Å². The first kappa shape index (κ1) is 11.5. The van der Waals surface area contributed by atoms with Gasteiger partial charge in [-0.05, 0) is 44.5 Å². The zero-order valence-electron chi connectivity index (χ0n) is 10.2. The number of pyridine rings is 2. The zero-order chi connectivity index (χ0) is 12.4. The molecular weight excluding hydrogens is 212 g/mol. The lowest BCUT2D eigenvalue weighted by Gasteiger charge is -2.05. The molecule has 2 aromatic rings. The van der Waals surface area contributed by atoms with Crippen molar-refractivity contribution in [2.24, 2.45) is 0 Å². The summed E-state index contributed by atoms with van der Waals surface area (Å²) in [6.07, 6.45) is 3.30. The first-order chi connectivity index (χ1) is 8.08. The maximum atomic E-state index is 12.3. The van der Waals surface area contributed by atoms with E-state index in [4.69, 9.17) is 0 Å². The van der Waals surface area contributed by atoms with E-state index in [0.29, 0.717) is 11.1 Å². The Morgan fingerprint density at radius 2 is 1.76 bits per heavy atom. The van der Waals surface area contributed by atoms with E-state index in [0.717, 1.165) is 17.0 Å². The van der Waals surface area contributed by atoms with Crippen LogP contribution in [0.15, 0.2) is 30.6 Å². The van der Waals surface area contributed by atoms with Gasteiger partial charge in [0, 0.05) is 34.9 Å². The van der Waals surface area contributed by atoms with Gasteiger partial charge in [0.15, 0.2) is 5.78 Å². The van der Waals surface area contributed by atoms with Crippen molar-refractivity contribution in [1.29, 1.82) is 0 Å². The lowest BCUT2D eigenvalue weighted by Crippen LogP contribution is -2.05. The van der Waals surface area contributed by atoms with E-state index in [9.17, 15) is 4.79 Å². The average molecular weight is 226 g/mol. The van der Waals surface area contributed by atoms with Crippen molar-refractivity contribution >= 4 is 5.78 Å². The van der Waals surface area contributed by atoms with Gasteiger partial charge in [-0.25, -0.2) is 0 Å². The van der Waals surface area contributed by atoms with Gasteiger partial charge in [-0.15, -0.1) is 0 Å². The molecule has 2 rings (SSSR count). The van der Waals surface area contributed by atoms with Gasteiger partial charge >= 0.3 is 0 Å². The molecule has 0 atom stereocenters. The topological polar surface area (TPSA) is 42.9 Å². The van der Waals surface area contributed by atoms with Gasteiger partial charge in [-0.3, -0.25) is 14.8 Å². The van der Waals surface area contributed by atoms with Crippen molar-refractivity contribution in [3.63, 3.8) is 0 Å². The van der Waals surface area contributed by atoms with Crippen LogP contribution < -0.4 is 0 Å². The number of hydrogen-bond donors (Lipinski definition) is 0. The minimum Gasteiger partial charge on any atom is -0.289 e. The Bertz CT molecular complexity index is 556. The molecule has 0 fully saturated rings. The van der Waals surface area contributed by atoms with Crippen LogP contribution in [0, 0.1) is 20.8 Å². The fourth-order valence-corrected chi connectivity index (χ4v) is 1.82. The second-order valence-electron chi connectivity index (χ2n) is 4.16. The van der Waals surface area contributed by atoms with E-state index in [-0.39, 0.29) is 5.78 Å². The van der Waals surface area contributed by atoms with Crippen molar-refractivity contribution < 1.29 is 4.79 Å². The number of carbonyl (C=O) groups excluding carboxylic acids is 1. The highest BCUT2D eigenvalue weighted by Crippen LogP contribution is 2.14. The molecule has 17 heavy (non-hydrogen) atoms. The van der Waals surface area contributed by atoms with Crippen LogP contribution in [0.1, 0.15) is 32.9 Å². The molecule has 0 saturated heterocycles. The maximum Gasteiger partial charge on any atom is 0.194 e. The molecule has 0 aliphatic heterocycles. The Kier molecular flexibility index (Phi) is 3.00. The molecule has 0 aliphatic carbocycles. The molecule has 2 heterocycles. The van der Waals surface area contributed by atoms with E-state index >= 15 is 0 Å². The average Bonchev–Trinajstić information content (AvgIpc) is 2.27. The van der Waals surface area contributed by atoms with Crippen molar-refractivity contribution in [3.8, 4) is 0 Å². The van der Waals surface area contributed by atoms with Crippen LogP contribution in [-0.2, 0) is 0 Å². The molecule has 0 N–H and O–H groups in total. The summed E-state index contributed by atoms with van der Waals surface area (Å²) < 4.78 is 0. The lowest BCUT2D eigenvalue weighted by molar-refractivity contribution is 0.103. The van der Waals surface area contributed by atoms with Gasteiger partial charge in [0.1, 0.15) is 0 Å². The highest BCUT2D eigenvalue weighted by atomic mass is 16.1. The predicted octanol–water partition coefficient (Wildman–Crippen LogP) is 2.63. The summed E-state index contributed by atoms with van der Waals surface area (Å²) in [6.45, 7) is 5.69. The Hall–Kier alpha value is -2.03. The van der Waals surface area contributed by atoms with Gasteiger partial charge in [-0.1, -0.05) is 0 Å². The molecule has 3 heteroatoms. The largest absolute Gasteiger partial charge is 0.289 e. The van der Waals surface area contributed by atoms with Crippen molar-refractivity contribution in [1.82, 2.24) is 9.97 Å². The van der Waals surface area contributed by atoms with Gasteiger partial charge in [0.05, 0.1) is 0 Å². The number of aromatic nitrogens is 2. The molecule has 3 nitrogen and oxygen atoms in total. The summed E-state index contributed by atoms with van der Waals surface area (Å²) in [4.78, 5) is 20.6. The monoisotopic (exact) mass is 226 g/mol. The molecule has 0 aromatic carbocycles. The van der Waals surface area contributed by atoms with Gasteiger partial charge < -0.3 is 0 Å². The molecule has 0 radical (unpaired) electrons. The number of carbonyl (C=O) groups is 1. The van der Waals surface area contributed by atoms with Crippen LogP contribution >= 0.6 is 0 Å². The van der Waals surface area contributed by atoms with Crippen molar-refractivity contribution in [2.45, 2.75) is 20.8 Å². The first-order valence-corrected chi connectivity index (χ1v) is 5.48. The van der Waals surface area contributed by atoms with E-state index < -0.39 is 0 Å². The fraction of sp³-hybridized carbons (Fsp3) is 0.214. The number of hydrogen-bond acceptors (Lipinski definition) is 3. The number of rotatable bonds is 2. The van der Waals surface area contributed by atoms with Gasteiger partial charge in [0.25, 0.3) is 0 Å². The third-order valence-corrected chi connectivity index (χ3v) is 2.63. The van der Waals surface area contributed by atoms with E-state index in [2.05, 4.69) is 9.97 Å². The second-order valence-corrected chi connectivity index (χ2v) is 4.16. The summed E-state index contributed by atoms with van der Waals surface area (Å²) in [7, 11) is 0. The molecule has 0 aliphatic rings. The second kappa shape index (κ2) is 4.45. The number of aryl methyl sites for hydroxylation is 3. The zero-order valence-corrected chi connectivity index (χ0v) is 10.2. The number of ketones is 1. The first-order valence-electron chi connectivity index (χ1n) is 5.48. The minimum absolute atomic E-state index is 0.00389. The molecule has 0 amide bonds. The normalized spacial score (nSPS) is 10.3. The molecular formula is C14H14N2O. The van der Waals surface area contributed by atoms with Crippen LogP contribution in [0.2, 0.25) is 0 Å². The summed E-state index contributed by atoms with van der Waals surface area (Å²) in [6, 6.07) is 5.46. The van der Waals surface area contributed by atoms with Gasteiger partial charge in [-0.2, -0.15) is 0 Å². The Balaban J connectivity index is 2.48. The fourth-order valence-electron chi connectivity index (χ4n) is 1.82. The van der Waals surface area contributed by atoms with E-state index in [1.807, 2.05) is 39.0 Å². The third kappa shape index (κ3) is 2.38. The summed E-state index contributed by atoms with van der Waals surface area (Å²) in [5, 5.41) is 0. The molecule has 0 spiro atoms. The van der Waals surface area contributed by atoms with E-state index in [1.165, 1.54) is 0 Å². The summed E-state index contributed by atoms with van der Waals surface area (Å²) in [5.74, 6) is 0.00389. The lowest BCUT2D eigenvalue weighted by atomic mass is 10.0.